The summed E-state index contributed by atoms with van der Waals surface area (Å²) in [7, 11) is 0. The molecule has 6 heteroatoms. The van der Waals surface area contributed by atoms with Gasteiger partial charge < -0.3 is 9.84 Å². The lowest BCUT2D eigenvalue weighted by atomic mass is 9.75. The molecule has 0 saturated carbocycles. The summed E-state index contributed by atoms with van der Waals surface area (Å²) in [5, 5.41) is 21.4. The summed E-state index contributed by atoms with van der Waals surface area (Å²) in [6.07, 6.45) is -0.302. The topological polar surface area (TPSA) is 89.7 Å². The van der Waals surface area contributed by atoms with Crippen LogP contribution in [0.1, 0.15) is 38.7 Å². The number of aliphatic hydroxyl groups excluding tert-OH is 1. The van der Waals surface area contributed by atoms with E-state index in [4.69, 9.17) is 4.74 Å². The number of carbonyl (C=O) groups is 1. The maximum atomic E-state index is 11.8. The predicted octanol–water partition coefficient (Wildman–Crippen LogP) is 2.63. The van der Waals surface area contributed by atoms with Crippen LogP contribution in [0, 0.1) is 22.0 Å². The Morgan fingerprint density at radius 3 is 2.35 bits per heavy atom. The number of aliphatic hydroxyl groups is 1. The van der Waals surface area contributed by atoms with E-state index in [-0.39, 0.29) is 31.5 Å². The Balaban J connectivity index is 3.22. The van der Waals surface area contributed by atoms with Gasteiger partial charge in [-0.3, -0.25) is 14.9 Å². The third-order valence-corrected chi connectivity index (χ3v) is 4.08. The van der Waals surface area contributed by atoms with Gasteiger partial charge in [-0.1, -0.05) is 44.2 Å². The molecule has 0 aliphatic carbocycles. The molecule has 6 nitrogen and oxygen atoms in total. The quantitative estimate of drug-likeness (QED) is 0.428. The zero-order valence-electron chi connectivity index (χ0n) is 13.8. The zero-order valence-corrected chi connectivity index (χ0v) is 13.8. The molecule has 128 valence electrons. The lowest BCUT2D eigenvalue weighted by molar-refractivity contribution is -0.528. The van der Waals surface area contributed by atoms with Gasteiger partial charge in [-0.2, -0.15) is 0 Å². The molecule has 0 amide bonds. The van der Waals surface area contributed by atoms with E-state index in [9.17, 15) is 20.0 Å². The van der Waals surface area contributed by atoms with Crippen LogP contribution in [0.25, 0.3) is 0 Å². The monoisotopic (exact) mass is 323 g/mol. The van der Waals surface area contributed by atoms with Crippen molar-refractivity contribution in [3.8, 4) is 0 Å². The largest absolute Gasteiger partial charge is 0.466 e. The summed E-state index contributed by atoms with van der Waals surface area (Å²) in [5.74, 6) is -1.42. The fraction of sp³-hybridized carbons (Fsp3) is 0.588. The molecule has 0 bridgehead atoms. The zero-order chi connectivity index (χ0) is 17.4. The highest BCUT2D eigenvalue weighted by molar-refractivity contribution is 5.70. The second-order valence-corrected chi connectivity index (χ2v) is 5.89. The number of hydrogen-bond donors (Lipinski definition) is 1. The molecule has 0 spiro atoms. The summed E-state index contributed by atoms with van der Waals surface area (Å²) >= 11 is 0. The van der Waals surface area contributed by atoms with Crippen molar-refractivity contribution in [2.24, 2.45) is 11.8 Å². The van der Waals surface area contributed by atoms with E-state index >= 15 is 0 Å². The predicted molar refractivity (Wildman–Crippen MR) is 86.6 cm³/mol. The van der Waals surface area contributed by atoms with E-state index in [1.165, 1.54) is 0 Å². The first kappa shape index (κ1) is 19.1. The molecule has 1 aromatic rings. The Bertz CT molecular complexity index is 503. The Kier molecular flexibility index (Phi) is 7.68. The van der Waals surface area contributed by atoms with Crippen LogP contribution in [-0.2, 0) is 9.53 Å². The lowest BCUT2D eigenvalue weighted by Crippen LogP contribution is -2.38. The van der Waals surface area contributed by atoms with Crippen molar-refractivity contribution in [1.29, 1.82) is 0 Å². The minimum atomic E-state index is -1.13. The molecule has 1 N–H and O–H groups in total. The second kappa shape index (κ2) is 9.25. The van der Waals surface area contributed by atoms with Crippen LogP contribution in [0.2, 0.25) is 0 Å². The molecule has 0 heterocycles. The highest BCUT2D eigenvalue weighted by Crippen LogP contribution is 2.35. The lowest BCUT2D eigenvalue weighted by Gasteiger charge is -2.30. The van der Waals surface area contributed by atoms with Gasteiger partial charge >= 0.3 is 5.97 Å². The summed E-state index contributed by atoms with van der Waals surface area (Å²) in [6.45, 7) is 5.51. The average molecular weight is 323 g/mol. The SMILES string of the molecule is CCOC(=O)CC([C@H](c1ccccc1)[C@H](CO)C(C)C)[N+](=O)[O-]. The number of nitro groups is 1. The number of esters is 1. The van der Waals surface area contributed by atoms with Crippen LogP contribution in [0.3, 0.4) is 0 Å². The number of ether oxygens (including phenoxy) is 1. The van der Waals surface area contributed by atoms with Crippen LogP contribution in [-0.4, -0.2) is 35.3 Å². The van der Waals surface area contributed by atoms with E-state index < -0.39 is 22.9 Å². The minimum Gasteiger partial charge on any atom is -0.466 e. The van der Waals surface area contributed by atoms with E-state index in [1.807, 2.05) is 19.9 Å². The molecule has 1 rings (SSSR count). The Hall–Kier alpha value is -1.95. The first-order valence-corrected chi connectivity index (χ1v) is 7.87. The third kappa shape index (κ3) is 5.32. The number of nitrogens with zero attached hydrogens (tertiary/aromatic N) is 1. The van der Waals surface area contributed by atoms with Crippen LogP contribution in [0.5, 0.6) is 0 Å². The normalized spacial score (nSPS) is 15.0. The molecule has 0 aliphatic heterocycles. The van der Waals surface area contributed by atoms with Gasteiger partial charge in [-0.05, 0) is 24.3 Å². The summed E-state index contributed by atoms with van der Waals surface area (Å²) in [4.78, 5) is 23.0. The van der Waals surface area contributed by atoms with Crippen LogP contribution < -0.4 is 0 Å². The standard InChI is InChI=1S/C17H25NO5/c1-4-23-16(20)10-15(18(21)22)17(14(11-19)12(2)3)13-8-6-5-7-9-13/h5-9,12,14-15,17,19H,4,10-11H2,1-3H3/t14-,15?,17-/m1/s1. The summed E-state index contributed by atoms with van der Waals surface area (Å²) in [5.41, 5.74) is 0.756. The van der Waals surface area contributed by atoms with Crippen molar-refractivity contribution in [3.63, 3.8) is 0 Å². The maximum Gasteiger partial charge on any atom is 0.312 e. The molecule has 0 aromatic heterocycles. The van der Waals surface area contributed by atoms with Gasteiger partial charge in [0.25, 0.3) is 0 Å². The van der Waals surface area contributed by atoms with Gasteiger partial charge in [0.15, 0.2) is 0 Å². The maximum absolute atomic E-state index is 11.8. The van der Waals surface area contributed by atoms with Crippen molar-refractivity contribution >= 4 is 5.97 Å². The van der Waals surface area contributed by atoms with Crippen LogP contribution in [0.4, 0.5) is 0 Å². The van der Waals surface area contributed by atoms with E-state index in [2.05, 4.69) is 0 Å². The number of carbonyl (C=O) groups excluding carboxylic acids is 1. The molecule has 0 aliphatic rings. The van der Waals surface area contributed by atoms with Crippen molar-refractivity contribution in [1.82, 2.24) is 0 Å². The van der Waals surface area contributed by atoms with Gasteiger partial charge in [0.05, 0.1) is 12.5 Å². The van der Waals surface area contributed by atoms with E-state index in [1.54, 1.807) is 31.2 Å². The smallest absolute Gasteiger partial charge is 0.312 e. The van der Waals surface area contributed by atoms with Gasteiger partial charge in [0, 0.05) is 11.5 Å². The summed E-state index contributed by atoms with van der Waals surface area (Å²) in [6, 6.07) is 7.91. The fourth-order valence-electron chi connectivity index (χ4n) is 2.89. The first-order valence-electron chi connectivity index (χ1n) is 7.87. The highest BCUT2D eigenvalue weighted by atomic mass is 16.6. The van der Waals surface area contributed by atoms with E-state index in [0.29, 0.717) is 0 Å². The molecule has 1 aromatic carbocycles. The molecular weight excluding hydrogens is 298 g/mol. The Labute approximate surface area is 136 Å². The number of hydrogen-bond acceptors (Lipinski definition) is 5. The molecule has 1 unspecified atom stereocenters. The first-order chi connectivity index (χ1) is 10.9. The fourth-order valence-corrected chi connectivity index (χ4v) is 2.89. The van der Waals surface area contributed by atoms with Crippen molar-refractivity contribution in [2.75, 3.05) is 13.2 Å². The molecule has 23 heavy (non-hydrogen) atoms. The number of benzene rings is 1. The van der Waals surface area contributed by atoms with Gasteiger partial charge in [0.1, 0.15) is 6.42 Å². The van der Waals surface area contributed by atoms with Gasteiger partial charge in [-0.25, -0.2) is 0 Å². The van der Waals surface area contributed by atoms with Crippen molar-refractivity contribution in [3.05, 3.63) is 46.0 Å². The summed E-state index contributed by atoms with van der Waals surface area (Å²) < 4.78 is 4.88. The molecule has 0 radical (unpaired) electrons. The third-order valence-electron chi connectivity index (χ3n) is 4.08. The van der Waals surface area contributed by atoms with Crippen molar-refractivity contribution < 1.29 is 19.6 Å². The molecule has 0 saturated heterocycles. The minimum absolute atomic E-state index is 0.0369. The Morgan fingerprint density at radius 2 is 1.91 bits per heavy atom. The molecule has 3 atom stereocenters. The number of rotatable bonds is 9. The molecule has 0 fully saturated rings. The Morgan fingerprint density at radius 1 is 1.30 bits per heavy atom. The van der Waals surface area contributed by atoms with Crippen molar-refractivity contribution in [2.45, 2.75) is 39.2 Å². The highest BCUT2D eigenvalue weighted by Gasteiger charge is 2.41. The van der Waals surface area contributed by atoms with Crippen LogP contribution in [0.15, 0.2) is 30.3 Å². The van der Waals surface area contributed by atoms with Gasteiger partial charge in [-0.15, -0.1) is 0 Å². The second-order valence-electron chi connectivity index (χ2n) is 5.89. The average Bonchev–Trinajstić information content (AvgIpc) is 2.51. The van der Waals surface area contributed by atoms with Crippen LogP contribution >= 0.6 is 0 Å². The molecular formula is C17H25NO5. The van der Waals surface area contributed by atoms with Gasteiger partial charge in [0.2, 0.25) is 6.04 Å². The van der Waals surface area contributed by atoms with E-state index in [0.717, 1.165) is 5.56 Å².